The Kier molecular flexibility index (Phi) is 6.80. The number of aromatic nitrogens is 2. The van der Waals surface area contributed by atoms with Crippen LogP contribution in [-0.4, -0.2) is 46.9 Å². The second-order valence-corrected chi connectivity index (χ2v) is 7.48. The molecule has 0 bridgehead atoms. The molecule has 2 amide bonds. The molecule has 1 fully saturated rings. The number of nitrogens with one attached hydrogen (secondary N) is 1. The Balaban J connectivity index is 1.66. The first-order valence-electron chi connectivity index (χ1n) is 9.20. The van der Waals surface area contributed by atoms with Crippen LogP contribution in [0.4, 0.5) is 9.93 Å². The van der Waals surface area contributed by atoms with Gasteiger partial charge in [-0.1, -0.05) is 54.5 Å². The smallest absolute Gasteiger partial charge is 0.324 e. The van der Waals surface area contributed by atoms with Gasteiger partial charge in [0.2, 0.25) is 5.13 Å². The standard InChI is InChI=1S/C20H24N4O2S/c1-3-12-24(14-16-11-8-13-26-16)20(25)21-19-23-22-18(27-19)17(4-2)15-9-6-5-7-10-15/h1,5-7,9-10,16-17H,4,8,11-14H2,2H3,(H,21,23,25)/t16-,17+/m1/s1. The van der Waals surface area contributed by atoms with Crippen molar-refractivity contribution < 1.29 is 9.53 Å². The molecule has 2 heterocycles. The predicted octanol–water partition coefficient (Wildman–Crippen LogP) is 3.73. The summed E-state index contributed by atoms with van der Waals surface area (Å²) in [6.07, 6.45) is 8.36. The fraction of sp³-hybridized carbons (Fsp3) is 0.450. The van der Waals surface area contributed by atoms with Crippen LogP contribution < -0.4 is 5.32 Å². The van der Waals surface area contributed by atoms with E-state index in [1.807, 2.05) is 18.2 Å². The van der Waals surface area contributed by atoms with Crippen molar-refractivity contribution in [1.82, 2.24) is 15.1 Å². The van der Waals surface area contributed by atoms with Crippen LogP contribution >= 0.6 is 11.3 Å². The number of hydrogen-bond acceptors (Lipinski definition) is 5. The van der Waals surface area contributed by atoms with E-state index in [1.165, 1.54) is 16.9 Å². The first kappa shape index (κ1) is 19.3. The summed E-state index contributed by atoms with van der Waals surface area (Å²) < 4.78 is 5.61. The monoisotopic (exact) mass is 384 g/mol. The molecule has 0 unspecified atom stereocenters. The number of carbonyl (C=O) groups is 1. The van der Waals surface area contributed by atoms with Crippen molar-refractivity contribution in [3.05, 3.63) is 40.9 Å². The zero-order chi connectivity index (χ0) is 19.1. The van der Waals surface area contributed by atoms with E-state index in [2.05, 4.69) is 40.5 Å². The number of hydrogen-bond donors (Lipinski definition) is 1. The summed E-state index contributed by atoms with van der Waals surface area (Å²) >= 11 is 1.40. The number of ether oxygens (including phenoxy) is 1. The maximum Gasteiger partial charge on any atom is 0.324 e. The van der Waals surface area contributed by atoms with Crippen molar-refractivity contribution in [2.45, 2.75) is 38.2 Å². The van der Waals surface area contributed by atoms with Crippen LogP contribution in [0.3, 0.4) is 0 Å². The van der Waals surface area contributed by atoms with Crippen LogP contribution in [0, 0.1) is 12.3 Å². The predicted molar refractivity (Wildman–Crippen MR) is 107 cm³/mol. The highest BCUT2D eigenvalue weighted by Gasteiger charge is 2.23. The second-order valence-electron chi connectivity index (χ2n) is 6.47. The van der Waals surface area contributed by atoms with Gasteiger partial charge >= 0.3 is 6.03 Å². The molecule has 0 saturated carbocycles. The van der Waals surface area contributed by atoms with Gasteiger partial charge in [0, 0.05) is 19.1 Å². The van der Waals surface area contributed by atoms with Gasteiger partial charge in [0.05, 0.1) is 12.6 Å². The lowest BCUT2D eigenvalue weighted by Gasteiger charge is -2.23. The molecule has 6 nitrogen and oxygen atoms in total. The maximum atomic E-state index is 12.6. The summed E-state index contributed by atoms with van der Waals surface area (Å²) in [5.41, 5.74) is 1.20. The molecule has 1 saturated heterocycles. The van der Waals surface area contributed by atoms with Crippen LogP contribution in [0.15, 0.2) is 30.3 Å². The third kappa shape index (κ3) is 5.06. The van der Waals surface area contributed by atoms with E-state index in [4.69, 9.17) is 11.2 Å². The number of rotatable bonds is 7. The number of carbonyl (C=O) groups excluding carboxylic acids is 1. The van der Waals surface area contributed by atoms with E-state index in [9.17, 15) is 4.79 Å². The number of urea groups is 1. The van der Waals surface area contributed by atoms with Crippen molar-refractivity contribution in [3.63, 3.8) is 0 Å². The van der Waals surface area contributed by atoms with Gasteiger partial charge in [0.1, 0.15) is 5.01 Å². The van der Waals surface area contributed by atoms with Gasteiger partial charge in [-0.3, -0.25) is 5.32 Å². The zero-order valence-corrected chi connectivity index (χ0v) is 16.2. The first-order chi connectivity index (χ1) is 13.2. The van der Waals surface area contributed by atoms with Crippen LogP contribution in [0.1, 0.15) is 42.7 Å². The Morgan fingerprint density at radius 2 is 2.26 bits per heavy atom. The van der Waals surface area contributed by atoms with Gasteiger partial charge in [-0.2, -0.15) is 0 Å². The lowest BCUT2D eigenvalue weighted by atomic mass is 9.97. The van der Waals surface area contributed by atoms with Gasteiger partial charge in [-0.15, -0.1) is 16.6 Å². The number of amides is 2. The summed E-state index contributed by atoms with van der Waals surface area (Å²) in [7, 11) is 0. The van der Waals surface area contributed by atoms with Gasteiger partial charge in [-0.05, 0) is 24.8 Å². The first-order valence-corrected chi connectivity index (χ1v) is 10.0. The number of terminal acetylenes is 1. The highest BCUT2D eigenvalue weighted by molar-refractivity contribution is 7.15. The summed E-state index contributed by atoms with van der Waals surface area (Å²) in [4.78, 5) is 14.2. The number of benzene rings is 1. The van der Waals surface area contributed by atoms with E-state index >= 15 is 0 Å². The second kappa shape index (κ2) is 9.49. The molecule has 0 aliphatic carbocycles. The third-order valence-corrected chi connectivity index (χ3v) is 5.53. The molecular formula is C20H24N4O2S. The van der Waals surface area contributed by atoms with Crippen molar-refractivity contribution in [2.75, 3.05) is 25.0 Å². The SMILES string of the molecule is C#CCN(C[C@H]1CCCO1)C(=O)Nc1nnc([C@@H](CC)c2ccccc2)s1. The lowest BCUT2D eigenvalue weighted by molar-refractivity contribution is 0.0867. The van der Waals surface area contributed by atoms with Crippen LogP contribution in [0.5, 0.6) is 0 Å². The highest BCUT2D eigenvalue weighted by Crippen LogP contribution is 2.31. The maximum absolute atomic E-state index is 12.6. The Hall–Kier alpha value is -2.43. The van der Waals surface area contributed by atoms with E-state index in [0.717, 1.165) is 30.9 Å². The Morgan fingerprint density at radius 1 is 1.44 bits per heavy atom. The molecule has 0 spiro atoms. The van der Waals surface area contributed by atoms with Crippen LogP contribution in [0.2, 0.25) is 0 Å². The molecule has 142 valence electrons. The highest BCUT2D eigenvalue weighted by atomic mass is 32.1. The summed E-state index contributed by atoms with van der Waals surface area (Å²) in [5, 5.41) is 12.7. The minimum atomic E-state index is -0.265. The molecular weight excluding hydrogens is 360 g/mol. The molecule has 1 aromatic heterocycles. The summed E-state index contributed by atoms with van der Waals surface area (Å²) in [5.74, 6) is 2.71. The van der Waals surface area contributed by atoms with Crippen molar-refractivity contribution in [1.29, 1.82) is 0 Å². The quantitative estimate of drug-likeness (QED) is 0.739. The topological polar surface area (TPSA) is 67.3 Å². The normalized spacial score (nSPS) is 17.3. The van der Waals surface area contributed by atoms with Gasteiger partial charge < -0.3 is 9.64 Å². The number of nitrogens with zero attached hydrogens (tertiary/aromatic N) is 3. The largest absolute Gasteiger partial charge is 0.376 e. The molecule has 27 heavy (non-hydrogen) atoms. The Bertz CT molecular complexity index is 781. The van der Waals surface area contributed by atoms with Crippen molar-refractivity contribution in [3.8, 4) is 12.3 Å². The van der Waals surface area contributed by atoms with Crippen LogP contribution in [-0.2, 0) is 4.74 Å². The lowest BCUT2D eigenvalue weighted by Crippen LogP contribution is -2.40. The zero-order valence-electron chi connectivity index (χ0n) is 15.4. The Morgan fingerprint density at radius 3 is 2.93 bits per heavy atom. The van der Waals surface area contributed by atoms with Gasteiger partial charge in [0.25, 0.3) is 0 Å². The van der Waals surface area contributed by atoms with Gasteiger partial charge in [0.15, 0.2) is 0 Å². The number of anilines is 1. The molecule has 7 heteroatoms. The third-order valence-electron chi connectivity index (χ3n) is 4.58. The molecule has 1 aliphatic heterocycles. The summed E-state index contributed by atoms with van der Waals surface area (Å²) in [6, 6.07) is 9.94. The van der Waals surface area contributed by atoms with Crippen molar-refractivity contribution in [2.24, 2.45) is 0 Å². The van der Waals surface area contributed by atoms with E-state index in [0.29, 0.717) is 11.7 Å². The van der Waals surface area contributed by atoms with E-state index in [-0.39, 0.29) is 24.6 Å². The average molecular weight is 385 g/mol. The fourth-order valence-corrected chi connectivity index (χ4v) is 4.14. The molecule has 0 radical (unpaired) electrons. The molecule has 2 aromatic rings. The Labute approximate surface area is 163 Å². The van der Waals surface area contributed by atoms with Gasteiger partial charge in [-0.25, -0.2) is 4.79 Å². The molecule has 1 aliphatic rings. The minimum Gasteiger partial charge on any atom is -0.376 e. The molecule has 2 atom stereocenters. The van der Waals surface area contributed by atoms with E-state index in [1.54, 1.807) is 4.90 Å². The van der Waals surface area contributed by atoms with E-state index < -0.39 is 0 Å². The summed E-state index contributed by atoms with van der Waals surface area (Å²) in [6.45, 7) is 3.59. The van der Waals surface area contributed by atoms with Crippen molar-refractivity contribution >= 4 is 22.5 Å². The molecule has 1 aromatic carbocycles. The minimum absolute atomic E-state index is 0.0524. The molecule has 1 N–H and O–H groups in total. The average Bonchev–Trinajstić information content (AvgIpc) is 3.35. The van der Waals surface area contributed by atoms with Crippen LogP contribution in [0.25, 0.3) is 0 Å². The fourth-order valence-electron chi connectivity index (χ4n) is 3.20. The molecule has 3 rings (SSSR count).